The standard InChI is InChI=1S/C17H21ClN2O3/c18-14-6-5-12(20-9-3-4-15(20)22)10-13(14)16(23)19-17(11-21)7-1-2-8-17/h5-6,10,21H,1-4,7-9,11H2,(H,19,23). The maximum Gasteiger partial charge on any atom is 0.253 e. The molecule has 3 rings (SSSR count). The van der Waals surface area contributed by atoms with Gasteiger partial charge in [-0.25, -0.2) is 0 Å². The predicted molar refractivity (Wildman–Crippen MR) is 88.8 cm³/mol. The number of anilines is 1. The zero-order valence-corrected chi connectivity index (χ0v) is 13.7. The van der Waals surface area contributed by atoms with Crippen molar-refractivity contribution in [1.82, 2.24) is 5.32 Å². The molecule has 1 aliphatic heterocycles. The third kappa shape index (κ3) is 3.21. The molecule has 0 aromatic heterocycles. The number of aliphatic hydroxyl groups excluding tert-OH is 1. The molecule has 5 nitrogen and oxygen atoms in total. The van der Waals surface area contributed by atoms with Crippen LogP contribution >= 0.6 is 11.6 Å². The number of carbonyl (C=O) groups is 2. The van der Waals surface area contributed by atoms with Crippen molar-refractivity contribution in [3.05, 3.63) is 28.8 Å². The van der Waals surface area contributed by atoms with Crippen molar-refractivity contribution >= 4 is 29.1 Å². The molecule has 1 aromatic carbocycles. The molecule has 1 aliphatic carbocycles. The summed E-state index contributed by atoms with van der Waals surface area (Å²) >= 11 is 6.18. The molecule has 2 aliphatic rings. The lowest BCUT2D eigenvalue weighted by molar-refractivity contribution is -0.117. The van der Waals surface area contributed by atoms with Crippen molar-refractivity contribution in [3.63, 3.8) is 0 Å². The van der Waals surface area contributed by atoms with Crippen LogP contribution in [0.5, 0.6) is 0 Å². The topological polar surface area (TPSA) is 69.6 Å². The highest BCUT2D eigenvalue weighted by Gasteiger charge is 2.35. The zero-order valence-electron chi connectivity index (χ0n) is 13.0. The highest BCUT2D eigenvalue weighted by molar-refractivity contribution is 6.34. The minimum absolute atomic E-state index is 0.0688. The predicted octanol–water partition coefficient (Wildman–Crippen LogP) is 2.50. The Hall–Kier alpha value is -1.59. The smallest absolute Gasteiger partial charge is 0.253 e. The van der Waals surface area contributed by atoms with Gasteiger partial charge in [-0.2, -0.15) is 0 Å². The van der Waals surface area contributed by atoms with Gasteiger partial charge in [-0.15, -0.1) is 0 Å². The van der Waals surface area contributed by atoms with E-state index in [1.54, 1.807) is 23.1 Å². The third-order valence-electron chi connectivity index (χ3n) is 4.82. The Balaban J connectivity index is 1.83. The molecule has 0 atom stereocenters. The fraction of sp³-hybridized carbons (Fsp3) is 0.529. The second-order valence-electron chi connectivity index (χ2n) is 6.41. The first-order valence-corrected chi connectivity index (χ1v) is 8.46. The molecule has 124 valence electrons. The number of nitrogens with one attached hydrogen (secondary N) is 1. The number of nitrogens with zero attached hydrogens (tertiary/aromatic N) is 1. The quantitative estimate of drug-likeness (QED) is 0.887. The second-order valence-corrected chi connectivity index (χ2v) is 6.82. The Bertz CT molecular complexity index is 626. The number of aliphatic hydroxyl groups is 1. The van der Waals surface area contributed by atoms with E-state index in [4.69, 9.17) is 11.6 Å². The Morgan fingerprint density at radius 3 is 2.65 bits per heavy atom. The van der Waals surface area contributed by atoms with Gasteiger partial charge in [0.05, 0.1) is 22.7 Å². The van der Waals surface area contributed by atoms with Crippen molar-refractivity contribution in [1.29, 1.82) is 0 Å². The van der Waals surface area contributed by atoms with E-state index >= 15 is 0 Å². The Morgan fingerprint density at radius 2 is 2.04 bits per heavy atom. The molecule has 1 heterocycles. The van der Waals surface area contributed by atoms with Crippen LogP contribution in [0.25, 0.3) is 0 Å². The fourth-order valence-corrected chi connectivity index (χ4v) is 3.66. The SMILES string of the molecule is O=C(NC1(CO)CCCC1)c1cc(N2CCCC2=O)ccc1Cl. The molecule has 0 radical (unpaired) electrons. The molecule has 0 spiro atoms. The van der Waals surface area contributed by atoms with Gasteiger partial charge in [-0.3, -0.25) is 9.59 Å². The number of halogens is 1. The van der Waals surface area contributed by atoms with Crippen LogP contribution in [0.15, 0.2) is 18.2 Å². The number of hydrogen-bond donors (Lipinski definition) is 2. The number of carbonyl (C=O) groups excluding carboxylic acids is 2. The molecule has 23 heavy (non-hydrogen) atoms. The molecule has 0 bridgehead atoms. The van der Waals surface area contributed by atoms with Gasteiger partial charge in [0, 0.05) is 18.7 Å². The first-order valence-electron chi connectivity index (χ1n) is 8.08. The third-order valence-corrected chi connectivity index (χ3v) is 5.15. The lowest BCUT2D eigenvalue weighted by Gasteiger charge is -2.28. The summed E-state index contributed by atoms with van der Waals surface area (Å²) in [6.45, 7) is 0.600. The van der Waals surface area contributed by atoms with E-state index in [2.05, 4.69) is 5.32 Å². The molecule has 2 N–H and O–H groups in total. The van der Waals surface area contributed by atoms with Crippen LogP contribution in [-0.4, -0.2) is 35.6 Å². The lowest BCUT2D eigenvalue weighted by atomic mass is 9.98. The average molecular weight is 337 g/mol. The van der Waals surface area contributed by atoms with Crippen LogP contribution in [0.2, 0.25) is 5.02 Å². The molecule has 6 heteroatoms. The molecule has 2 amide bonds. The number of rotatable bonds is 4. The highest BCUT2D eigenvalue weighted by Crippen LogP contribution is 2.31. The molecule has 1 saturated heterocycles. The van der Waals surface area contributed by atoms with Gasteiger partial charge in [0.2, 0.25) is 5.91 Å². The van der Waals surface area contributed by atoms with Gasteiger partial charge in [0.25, 0.3) is 5.91 Å². The number of hydrogen-bond acceptors (Lipinski definition) is 3. The first-order chi connectivity index (χ1) is 11.0. The van der Waals surface area contributed by atoms with Gasteiger partial charge in [-0.05, 0) is 37.5 Å². The van der Waals surface area contributed by atoms with Gasteiger partial charge in [0.15, 0.2) is 0 Å². The van der Waals surface area contributed by atoms with Crippen LogP contribution in [0, 0.1) is 0 Å². The summed E-state index contributed by atoms with van der Waals surface area (Å²) < 4.78 is 0. The monoisotopic (exact) mass is 336 g/mol. The maximum absolute atomic E-state index is 12.6. The van der Waals surface area contributed by atoms with E-state index in [0.29, 0.717) is 29.2 Å². The first kappa shape index (κ1) is 16.3. The Morgan fingerprint density at radius 1 is 1.30 bits per heavy atom. The van der Waals surface area contributed by atoms with Crippen LogP contribution in [0.1, 0.15) is 48.9 Å². The fourth-order valence-electron chi connectivity index (χ4n) is 3.46. The van der Waals surface area contributed by atoms with E-state index in [1.165, 1.54) is 0 Å². The molecule has 0 unspecified atom stereocenters. The summed E-state index contributed by atoms with van der Waals surface area (Å²) in [5.74, 6) is -0.222. The zero-order chi connectivity index (χ0) is 16.4. The van der Waals surface area contributed by atoms with E-state index in [1.807, 2.05) is 0 Å². The highest BCUT2D eigenvalue weighted by atomic mass is 35.5. The second kappa shape index (κ2) is 6.49. The molecule has 2 fully saturated rings. The number of amides is 2. The summed E-state index contributed by atoms with van der Waals surface area (Å²) in [6, 6.07) is 5.08. The summed E-state index contributed by atoms with van der Waals surface area (Å²) in [7, 11) is 0. The van der Waals surface area contributed by atoms with E-state index in [0.717, 1.165) is 32.1 Å². The van der Waals surface area contributed by atoms with Crippen LogP contribution in [-0.2, 0) is 4.79 Å². The van der Waals surface area contributed by atoms with Gasteiger partial charge in [0.1, 0.15) is 0 Å². The van der Waals surface area contributed by atoms with E-state index in [9.17, 15) is 14.7 Å². The number of benzene rings is 1. The molecule has 1 aromatic rings. The summed E-state index contributed by atoms with van der Waals surface area (Å²) in [5.41, 5.74) is 0.509. The minimum Gasteiger partial charge on any atom is -0.394 e. The van der Waals surface area contributed by atoms with Gasteiger partial charge >= 0.3 is 0 Å². The van der Waals surface area contributed by atoms with Crippen molar-refractivity contribution in [3.8, 4) is 0 Å². The van der Waals surface area contributed by atoms with Crippen molar-refractivity contribution in [2.24, 2.45) is 0 Å². The van der Waals surface area contributed by atoms with E-state index in [-0.39, 0.29) is 18.4 Å². The van der Waals surface area contributed by atoms with Gasteiger partial charge in [-0.1, -0.05) is 24.4 Å². The maximum atomic E-state index is 12.6. The Kier molecular flexibility index (Phi) is 4.60. The lowest BCUT2D eigenvalue weighted by Crippen LogP contribution is -2.49. The minimum atomic E-state index is -0.542. The van der Waals surface area contributed by atoms with Gasteiger partial charge < -0.3 is 15.3 Å². The van der Waals surface area contributed by atoms with Crippen LogP contribution < -0.4 is 10.2 Å². The van der Waals surface area contributed by atoms with Crippen LogP contribution in [0.3, 0.4) is 0 Å². The Labute approximate surface area is 140 Å². The van der Waals surface area contributed by atoms with Crippen molar-refractivity contribution < 1.29 is 14.7 Å². The molecular formula is C17H21ClN2O3. The van der Waals surface area contributed by atoms with Crippen LogP contribution in [0.4, 0.5) is 5.69 Å². The summed E-state index contributed by atoms with van der Waals surface area (Å²) in [4.78, 5) is 26.2. The van der Waals surface area contributed by atoms with Crippen molar-refractivity contribution in [2.75, 3.05) is 18.1 Å². The molecular weight excluding hydrogens is 316 g/mol. The normalized spacial score (nSPS) is 20.1. The van der Waals surface area contributed by atoms with Crippen molar-refractivity contribution in [2.45, 2.75) is 44.1 Å². The van der Waals surface area contributed by atoms with E-state index < -0.39 is 5.54 Å². The summed E-state index contributed by atoms with van der Waals surface area (Å²) in [5, 5.41) is 12.9. The largest absolute Gasteiger partial charge is 0.394 e. The average Bonchev–Trinajstić information content (AvgIpc) is 3.17. The summed E-state index contributed by atoms with van der Waals surface area (Å²) in [6.07, 6.45) is 4.91. The molecule has 1 saturated carbocycles.